The van der Waals surface area contributed by atoms with Gasteiger partial charge in [0.2, 0.25) is 0 Å². The Morgan fingerprint density at radius 2 is 2.00 bits per heavy atom. The number of ether oxygens (including phenoxy) is 1. The summed E-state index contributed by atoms with van der Waals surface area (Å²) < 4.78 is 5.59. The Balaban J connectivity index is 2.52. The molecule has 80 valence electrons. The van der Waals surface area contributed by atoms with Crippen molar-refractivity contribution in [3.05, 3.63) is 60.5 Å². The van der Waals surface area contributed by atoms with Crippen LogP contribution in [0, 0.1) is 0 Å². The van der Waals surface area contributed by atoms with Gasteiger partial charge in [-0.1, -0.05) is 36.9 Å². The Morgan fingerprint density at radius 3 is 2.53 bits per heavy atom. The summed E-state index contributed by atoms with van der Waals surface area (Å²) in [6.45, 7) is 4.28. The van der Waals surface area contributed by atoms with Gasteiger partial charge in [0.05, 0.1) is 0 Å². The van der Waals surface area contributed by atoms with Crippen LogP contribution in [0.15, 0.2) is 54.9 Å². The molecule has 2 nitrogen and oxygen atoms in total. The first-order chi connectivity index (χ1) is 7.22. The van der Waals surface area contributed by atoms with E-state index in [1.54, 1.807) is 6.08 Å². The van der Waals surface area contributed by atoms with Crippen LogP contribution in [0.2, 0.25) is 0 Å². The van der Waals surface area contributed by atoms with Crippen molar-refractivity contribution in [3.63, 3.8) is 0 Å². The first kappa shape index (κ1) is 11.4. The molecule has 0 aromatic heterocycles. The molecule has 0 radical (unpaired) electrons. The molecular weight excluding hydrogens is 186 g/mol. The van der Waals surface area contributed by atoms with Gasteiger partial charge in [-0.3, -0.25) is 0 Å². The number of nitrogens with zero attached hydrogens (tertiary/aromatic N) is 1. The van der Waals surface area contributed by atoms with Crippen LogP contribution in [-0.4, -0.2) is 19.0 Å². The smallest absolute Gasteiger partial charge is 0.135 e. The van der Waals surface area contributed by atoms with Crippen molar-refractivity contribution in [1.29, 1.82) is 0 Å². The molecule has 0 aliphatic rings. The summed E-state index contributed by atoms with van der Waals surface area (Å²) in [5.74, 6) is 0.781. The van der Waals surface area contributed by atoms with E-state index in [1.165, 1.54) is 0 Å². The zero-order valence-corrected chi connectivity index (χ0v) is 9.31. The van der Waals surface area contributed by atoms with Crippen molar-refractivity contribution in [2.24, 2.45) is 0 Å². The Morgan fingerprint density at radius 1 is 1.33 bits per heavy atom. The average Bonchev–Trinajstić information content (AvgIpc) is 2.25. The third-order valence-corrected chi connectivity index (χ3v) is 1.83. The number of rotatable bonds is 5. The summed E-state index contributed by atoms with van der Waals surface area (Å²) in [7, 11) is 3.91. The Hall–Kier alpha value is -1.70. The molecule has 0 unspecified atom stereocenters. The lowest BCUT2D eigenvalue weighted by atomic mass is 10.2. The minimum absolute atomic E-state index is 0.576. The Labute approximate surface area is 91.5 Å². The lowest BCUT2D eigenvalue weighted by Crippen LogP contribution is -2.04. The predicted octanol–water partition coefficient (Wildman–Crippen LogP) is 2.79. The monoisotopic (exact) mass is 203 g/mol. The predicted molar refractivity (Wildman–Crippen MR) is 63.2 cm³/mol. The molecule has 15 heavy (non-hydrogen) atoms. The fourth-order valence-corrected chi connectivity index (χ4v) is 1.14. The molecule has 0 bridgehead atoms. The minimum Gasteiger partial charge on any atom is -0.487 e. The molecule has 2 heteroatoms. The van der Waals surface area contributed by atoms with Gasteiger partial charge < -0.3 is 9.64 Å². The molecule has 1 aromatic rings. The molecule has 0 saturated carbocycles. The lowest BCUT2D eigenvalue weighted by Gasteiger charge is -2.10. The second kappa shape index (κ2) is 5.91. The van der Waals surface area contributed by atoms with E-state index in [1.807, 2.05) is 55.5 Å². The van der Waals surface area contributed by atoms with Gasteiger partial charge >= 0.3 is 0 Å². The highest BCUT2D eigenvalue weighted by atomic mass is 16.5. The summed E-state index contributed by atoms with van der Waals surface area (Å²) >= 11 is 0. The molecular formula is C13H17NO. The third kappa shape index (κ3) is 4.36. The molecule has 0 spiro atoms. The first-order valence-corrected chi connectivity index (χ1v) is 4.90. The van der Waals surface area contributed by atoms with Crippen LogP contribution < -0.4 is 0 Å². The van der Waals surface area contributed by atoms with Gasteiger partial charge in [0.25, 0.3) is 0 Å². The van der Waals surface area contributed by atoms with E-state index < -0.39 is 0 Å². The normalized spacial score (nSPS) is 10.9. The summed E-state index contributed by atoms with van der Waals surface area (Å²) in [5.41, 5.74) is 1.16. The summed E-state index contributed by atoms with van der Waals surface area (Å²) in [6.07, 6.45) is 3.61. The van der Waals surface area contributed by atoms with Crippen LogP contribution >= 0.6 is 0 Å². The number of allylic oxidation sites excluding steroid dienone is 1. The highest BCUT2D eigenvalue weighted by Gasteiger charge is 1.95. The van der Waals surface area contributed by atoms with Crippen LogP contribution in [0.4, 0.5) is 0 Å². The second-order valence-corrected chi connectivity index (χ2v) is 3.47. The van der Waals surface area contributed by atoms with Crippen molar-refractivity contribution < 1.29 is 4.74 Å². The SMILES string of the molecule is C=C/C(=C\N(C)C)OCc1ccccc1. The first-order valence-electron chi connectivity index (χ1n) is 4.90. The highest BCUT2D eigenvalue weighted by Crippen LogP contribution is 2.06. The van der Waals surface area contributed by atoms with Crippen LogP contribution in [-0.2, 0) is 11.3 Å². The minimum atomic E-state index is 0.576. The van der Waals surface area contributed by atoms with Crippen molar-refractivity contribution in [2.45, 2.75) is 6.61 Å². The largest absolute Gasteiger partial charge is 0.487 e. The van der Waals surface area contributed by atoms with Gasteiger partial charge in [0, 0.05) is 20.3 Å². The van der Waals surface area contributed by atoms with Gasteiger partial charge in [0.15, 0.2) is 0 Å². The molecule has 0 heterocycles. The van der Waals surface area contributed by atoms with Crippen molar-refractivity contribution >= 4 is 0 Å². The molecule has 0 atom stereocenters. The average molecular weight is 203 g/mol. The van der Waals surface area contributed by atoms with E-state index in [-0.39, 0.29) is 0 Å². The summed E-state index contributed by atoms with van der Waals surface area (Å²) in [6, 6.07) is 10.1. The van der Waals surface area contributed by atoms with Crippen LogP contribution in [0.3, 0.4) is 0 Å². The summed E-state index contributed by atoms with van der Waals surface area (Å²) in [5, 5.41) is 0. The fraction of sp³-hybridized carbons (Fsp3) is 0.231. The topological polar surface area (TPSA) is 12.5 Å². The van der Waals surface area contributed by atoms with Gasteiger partial charge in [-0.2, -0.15) is 0 Å². The maximum atomic E-state index is 5.59. The molecule has 0 fully saturated rings. The maximum Gasteiger partial charge on any atom is 0.135 e. The lowest BCUT2D eigenvalue weighted by molar-refractivity contribution is 0.205. The van der Waals surface area contributed by atoms with Crippen molar-refractivity contribution in [2.75, 3.05) is 14.1 Å². The van der Waals surface area contributed by atoms with E-state index >= 15 is 0 Å². The molecule has 0 aliphatic carbocycles. The third-order valence-electron chi connectivity index (χ3n) is 1.83. The fourth-order valence-electron chi connectivity index (χ4n) is 1.14. The van der Waals surface area contributed by atoms with E-state index in [0.29, 0.717) is 6.61 Å². The van der Waals surface area contributed by atoms with E-state index in [9.17, 15) is 0 Å². The zero-order valence-electron chi connectivity index (χ0n) is 9.31. The van der Waals surface area contributed by atoms with Gasteiger partial charge in [-0.25, -0.2) is 0 Å². The maximum absolute atomic E-state index is 5.59. The van der Waals surface area contributed by atoms with E-state index in [0.717, 1.165) is 11.3 Å². The van der Waals surface area contributed by atoms with Crippen molar-refractivity contribution in [3.8, 4) is 0 Å². The second-order valence-electron chi connectivity index (χ2n) is 3.47. The molecule has 0 aliphatic heterocycles. The zero-order chi connectivity index (χ0) is 11.1. The van der Waals surface area contributed by atoms with Crippen LogP contribution in [0.5, 0.6) is 0 Å². The number of hydrogen-bond donors (Lipinski definition) is 0. The molecule has 0 N–H and O–H groups in total. The quantitative estimate of drug-likeness (QED) is 0.539. The standard InChI is InChI=1S/C13H17NO/c1-4-13(10-14(2)3)15-11-12-8-6-5-7-9-12/h4-10H,1,11H2,2-3H3/b13-10+. The molecule has 0 amide bonds. The van der Waals surface area contributed by atoms with Crippen LogP contribution in [0.25, 0.3) is 0 Å². The molecule has 0 saturated heterocycles. The number of benzene rings is 1. The van der Waals surface area contributed by atoms with Crippen molar-refractivity contribution in [1.82, 2.24) is 4.90 Å². The van der Waals surface area contributed by atoms with Crippen LogP contribution in [0.1, 0.15) is 5.56 Å². The number of hydrogen-bond acceptors (Lipinski definition) is 2. The van der Waals surface area contributed by atoms with Gasteiger partial charge in [-0.15, -0.1) is 0 Å². The Bertz CT molecular complexity index is 328. The van der Waals surface area contributed by atoms with Gasteiger partial charge in [-0.05, 0) is 11.6 Å². The molecule has 1 aromatic carbocycles. The van der Waals surface area contributed by atoms with E-state index in [2.05, 4.69) is 6.58 Å². The van der Waals surface area contributed by atoms with E-state index in [4.69, 9.17) is 4.74 Å². The Kier molecular flexibility index (Phi) is 4.48. The highest BCUT2D eigenvalue weighted by molar-refractivity contribution is 5.15. The van der Waals surface area contributed by atoms with Gasteiger partial charge in [0.1, 0.15) is 12.4 Å². The molecule has 1 rings (SSSR count). The summed E-state index contributed by atoms with van der Waals surface area (Å²) in [4.78, 5) is 1.93.